The molecule has 1 heterocycles. The highest BCUT2D eigenvalue weighted by atomic mass is 19.4. The highest BCUT2D eigenvalue weighted by Gasteiger charge is 2.51. The van der Waals surface area contributed by atoms with Crippen LogP contribution in [0.4, 0.5) is 62.3 Å². The number of aliphatic hydroxyl groups is 1. The second-order valence-corrected chi connectivity index (χ2v) is 17.8. The van der Waals surface area contributed by atoms with E-state index in [2.05, 4.69) is 25.6 Å². The molecule has 0 spiro atoms. The number of carbonyl (C=O) groups excluding carboxylic acids is 2. The topological polar surface area (TPSA) is 170 Å². The number of hydrogen-bond acceptors (Lipinski definition) is 6. The molecule has 1 aliphatic carbocycles. The van der Waals surface area contributed by atoms with Crippen LogP contribution in [-0.4, -0.2) is 55.4 Å². The summed E-state index contributed by atoms with van der Waals surface area (Å²) in [7, 11) is 1.00. The monoisotopic (exact) mass is 1060 g/mol. The van der Waals surface area contributed by atoms with Crippen molar-refractivity contribution >= 4 is 12.1 Å². The summed E-state index contributed by atoms with van der Waals surface area (Å²) in [4.78, 5) is 29.9. The maximum absolute atomic E-state index is 13.3. The molecule has 1 aliphatic heterocycles. The third-order valence-electron chi connectivity index (χ3n) is 12.9. The number of benzene rings is 4. The lowest BCUT2D eigenvalue weighted by Crippen LogP contribution is -2.63. The Hall–Kier alpha value is -6.60. The second kappa shape index (κ2) is 23.7. The van der Waals surface area contributed by atoms with Crippen LogP contribution in [0.15, 0.2) is 97.1 Å². The minimum Gasteiger partial charge on any atom is -0.400 e. The summed E-state index contributed by atoms with van der Waals surface area (Å²) in [5, 5.41) is 15.1. The number of amides is 4. The summed E-state index contributed by atoms with van der Waals surface area (Å²) in [6.07, 6.45) is -20.4. The first-order valence-electron chi connectivity index (χ1n) is 22.4. The highest BCUT2D eigenvalue weighted by molar-refractivity contribution is 5.73. The number of urea groups is 2. The van der Waals surface area contributed by atoms with Crippen LogP contribution in [0.5, 0.6) is 0 Å². The first-order valence-corrected chi connectivity index (χ1v) is 22.4. The average molecular weight is 1060 g/mol. The smallest absolute Gasteiger partial charge is 0.400 e. The molecule has 74 heavy (non-hydrogen) atoms. The second-order valence-electron chi connectivity index (χ2n) is 17.8. The maximum atomic E-state index is 13.3. The van der Waals surface area contributed by atoms with Crippen molar-refractivity contribution in [2.45, 2.75) is 112 Å². The molecule has 1 saturated carbocycles. The Morgan fingerprint density at radius 1 is 0.581 bits per heavy atom. The van der Waals surface area contributed by atoms with Crippen LogP contribution in [0.2, 0.25) is 0 Å². The Morgan fingerprint density at radius 2 is 0.932 bits per heavy atom. The molecule has 402 valence electrons. The lowest BCUT2D eigenvalue weighted by atomic mass is 9.67. The number of primary amides is 2. The number of nitrogens with zero attached hydrogens (tertiary/aromatic N) is 2. The lowest BCUT2D eigenvalue weighted by molar-refractivity contribution is -0.145. The summed E-state index contributed by atoms with van der Waals surface area (Å²) in [6, 6.07) is 19.1. The van der Waals surface area contributed by atoms with Crippen molar-refractivity contribution < 1.29 is 76.9 Å². The zero-order chi connectivity index (χ0) is 55.6. The first kappa shape index (κ1) is 60.0. The number of ether oxygens (including phenoxy) is 2. The van der Waals surface area contributed by atoms with Crippen LogP contribution < -0.4 is 27.4 Å². The molecule has 0 unspecified atom stereocenters. The number of nitrogens with one attached hydrogen (secondary N) is 3. The van der Waals surface area contributed by atoms with Crippen molar-refractivity contribution in [2.24, 2.45) is 11.5 Å². The van der Waals surface area contributed by atoms with Crippen molar-refractivity contribution in [2.75, 3.05) is 26.9 Å². The fraction of sp³-hybridized carbons (Fsp3) is 0.440. The number of piperidine rings is 1. The Labute approximate surface area is 418 Å². The van der Waals surface area contributed by atoms with Crippen molar-refractivity contribution in [3.63, 3.8) is 0 Å². The zero-order valence-electron chi connectivity index (χ0n) is 39.9. The van der Waals surface area contributed by atoms with Crippen LogP contribution in [0.1, 0.15) is 109 Å². The van der Waals surface area contributed by atoms with E-state index in [-0.39, 0.29) is 68.7 Å². The van der Waals surface area contributed by atoms with E-state index >= 15 is 0 Å². The molecule has 12 nitrogen and oxygen atoms in total. The predicted molar refractivity (Wildman–Crippen MR) is 246 cm³/mol. The molecule has 4 amide bonds. The van der Waals surface area contributed by atoms with Gasteiger partial charge in [-0.2, -0.15) is 52.7 Å². The summed E-state index contributed by atoms with van der Waals surface area (Å²) < 4.78 is 171. The molecule has 0 radical (unpaired) electrons. The molecule has 1 saturated heterocycles. The van der Waals surface area contributed by atoms with E-state index in [1.807, 2.05) is 18.2 Å². The van der Waals surface area contributed by atoms with Gasteiger partial charge >= 0.3 is 48.1 Å². The molecular weight excluding hydrogens is 1010 g/mol. The van der Waals surface area contributed by atoms with Crippen molar-refractivity contribution in [3.05, 3.63) is 164 Å². The van der Waals surface area contributed by atoms with Gasteiger partial charge in [-0.3, -0.25) is 25.6 Å². The molecular formula is C50H53F12N7O5. The molecule has 4 aromatic rings. The van der Waals surface area contributed by atoms with E-state index in [0.717, 1.165) is 18.2 Å². The molecule has 2 aliphatic rings. The number of nitrogens with two attached hydrogens (primary N) is 2. The number of alkyl halides is 12. The van der Waals surface area contributed by atoms with E-state index < -0.39 is 93.5 Å². The SMILES string of the molecule is CO.[C-]#[N+]C1(NC(N)=O)CCC(CO[C@H](C)c2cc(C(F)(F)F)cc(C(F)(F)F)c2)(c2ccccc2)CC1.[C-]#[N+][C@]1(NC(N)=O)CC[C@@](CO[C@H](C)c2cc(C(F)(F)F)cc(C(F)(F)F)c2)(c2ccccc2)NC1. The zero-order valence-corrected chi connectivity index (χ0v) is 39.9. The van der Waals surface area contributed by atoms with Gasteiger partial charge in [0.15, 0.2) is 0 Å². The normalized spacial score (nSPS) is 22.9. The summed E-state index contributed by atoms with van der Waals surface area (Å²) >= 11 is 0. The van der Waals surface area contributed by atoms with Crippen molar-refractivity contribution in [3.8, 4) is 0 Å². The molecule has 4 aromatic carbocycles. The Bertz CT molecular complexity index is 2360. The van der Waals surface area contributed by atoms with Crippen LogP contribution in [0, 0.1) is 13.1 Å². The quantitative estimate of drug-likeness (QED) is 0.0609. The maximum Gasteiger partial charge on any atom is 0.416 e. The minimum absolute atomic E-state index is 0.00610. The molecule has 8 N–H and O–H groups in total. The number of hydrogen-bond donors (Lipinski definition) is 6. The van der Waals surface area contributed by atoms with E-state index in [9.17, 15) is 62.3 Å². The Morgan fingerprint density at radius 3 is 1.27 bits per heavy atom. The van der Waals surface area contributed by atoms with E-state index in [1.54, 1.807) is 42.5 Å². The van der Waals surface area contributed by atoms with Crippen LogP contribution in [-0.2, 0) is 45.1 Å². The van der Waals surface area contributed by atoms with Gasteiger partial charge in [0.2, 0.25) is 0 Å². The summed E-state index contributed by atoms with van der Waals surface area (Å²) in [6.45, 7) is 17.7. The number of aliphatic hydroxyl groups excluding tert-OH is 1. The first-order chi connectivity index (χ1) is 34.4. The molecule has 2 fully saturated rings. The molecule has 24 heteroatoms. The van der Waals surface area contributed by atoms with E-state index in [1.165, 1.54) is 13.8 Å². The van der Waals surface area contributed by atoms with Gasteiger partial charge in [-0.25, -0.2) is 22.7 Å². The molecule has 6 rings (SSSR count). The number of halogens is 12. The van der Waals surface area contributed by atoms with Gasteiger partial charge in [0, 0.05) is 25.4 Å². The van der Waals surface area contributed by atoms with Crippen molar-refractivity contribution in [1.82, 2.24) is 16.0 Å². The predicted octanol–water partition coefficient (Wildman–Crippen LogP) is 11.6. The van der Waals surface area contributed by atoms with Gasteiger partial charge in [0.25, 0.3) is 0 Å². The van der Waals surface area contributed by atoms with Crippen molar-refractivity contribution in [1.29, 1.82) is 0 Å². The van der Waals surface area contributed by atoms with Gasteiger partial charge in [-0.1, -0.05) is 60.7 Å². The van der Waals surface area contributed by atoms with Gasteiger partial charge < -0.3 is 26.0 Å². The average Bonchev–Trinajstić information content (AvgIpc) is 3.35. The van der Waals surface area contributed by atoms with Gasteiger partial charge in [0.05, 0.1) is 66.2 Å². The third-order valence-corrected chi connectivity index (χ3v) is 12.9. The van der Waals surface area contributed by atoms with Gasteiger partial charge in [0.1, 0.15) is 0 Å². The molecule has 0 aromatic heterocycles. The summed E-state index contributed by atoms with van der Waals surface area (Å²) in [5.74, 6) is 0. The fourth-order valence-corrected chi connectivity index (χ4v) is 8.70. The highest BCUT2D eigenvalue weighted by Crippen LogP contribution is 2.46. The number of carbonyl (C=O) groups is 2. The van der Waals surface area contributed by atoms with Crippen LogP contribution in [0.3, 0.4) is 0 Å². The van der Waals surface area contributed by atoms with E-state index in [0.29, 0.717) is 37.1 Å². The largest absolute Gasteiger partial charge is 0.416 e. The summed E-state index contributed by atoms with van der Waals surface area (Å²) in [5.41, 5.74) is 1.80. The van der Waals surface area contributed by atoms with Gasteiger partial charge in [-0.05, 0) is 91.8 Å². The third kappa shape index (κ3) is 15.2. The van der Waals surface area contributed by atoms with E-state index in [4.69, 9.17) is 39.2 Å². The van der Waals surface area contributed by atoms with Gasteiger partial charge in [-0.15, -0.1) is 0 Å². The minimum atomic E-state index is -4.97. The Kier molecular flexibility index (Phi) is 19.2. The molecule has 0 bridgehead atoms. The fourth-order valence-electron chi connectivity index (χ4n) is 8.70. The van der Waals surface area contributed by atoms with Crippen LogP contribution in [0.25, 0.3) is 9.69 Å². The number of rotatable bonds is 12. The Balaban J connectivity index is 0.000000310. The lowest BCUT2D eigenvalue weighted by Gasteiger charge is -2.42. The molecule has 4 atom stereocenters. The van der Waals surface area contributed by atoms with Crippen LogP contribution >= 0.6 is 0 Å². The standard InChI is InChI=1S/C25H25F6N3O2.C24H24F6N4O2.CH4O/c1-16(17-12-19(24(26,27)28)14-20(13-17)25(29,30)31)36-15-22(18-6-4-3-5-7-18)8-10-23(33-2,11-9-22)34-21(32)35;1-15(16-10-18(23(25,26)27)12-19(11-16)24(28,29)30)36-14-21(17-6-4-3-5-7-17)8-9-22(32-2,13-33-21)34-20(31)35;1-2/h3-7,12-14,16H,8-11,15H2,1H3,(H3,32,34,35);3-7,10-12,15,33H,8-9,13-14H2,1H3,(H3,31,34,35);2H,1H3/t16-,22?,23?;15-,21-,22+;/m11./s1.